The Morgan fingerprint density at radius 1 is 1.32 bits per heavy atom. The van der Waals surface area contributed by atoms with Gasteiger partial charge in [-0.05, 0) is 29.4 Å². The molecule has 1 aromatic heterocycles. The lowest BCUT2D eigenvalue weighted by atomic mass is 10.2. The minimum Gasteiger partial charge on any atom is -0.397 e. The summed E-state index contributed by atoms with van der Waals surface area (Å²) in [5, 5.41) is 7.64. The van der Waals surface area contributed by atoms with E-state index in [2.05, 4.69) is 10.3 Å². The van der Waals surface area contributed by atoms with E-state index in [1.807, 2.05) is 17.9 Å². The highest BCUT2D eigenvalue weighted by atomic mass is 16.6. The number of hydrogen-bond donors (Lipinski definition) is 1. The van der Waals surface area contributed by atoms with Crippen LogP contribution in [0.5, 0.6) is 0 Å². The predicted molar refractivity (Wildman–Crippen MR) is 72.8 cm³/mol. The summed E-state index contributed by atoms with van der Waals surface area (Å²) in [6.45, 7) is 2.92. The molecule has 0 spiro atoms. The Morgan fingerprint density at radius 3 is 2.63 bits per heavy atom. The van der Waals surface area contributed by atoms with Crippen LogP contribution in [0.1, 0.15) is 6.92 Å². The SMILES string of the molecule is CCN(CC(=O)N(C)C)c1ccc(N)c2nonc12. The van der Waals surface area contributed by atoms with Crippen LogP contribution in [0.3, 0.4) is 0 Å². The predicted octanol–water partition coefficient (Wildman–Crippen LogP) is 0.719. The fourth-order valence-electron chi connectivity index (χ4n) is 1.80. The van der Waals surface area contributed by atoms with Crippen molar-refractivity contribution in [2.75, 3.05) is 37.8 Å². The first kappa shape index (κ1) is 13.1. The van der Waals surface area contributed by atoms with E-state index in [1.54, 1.807) is 25.1 Å². The highest BCUT2D eigenvalue weighted by Crippen LogP contribution is 2.28. The van der Waals surface area contributed by atoms with Crippen molar-refractivity contribution in [3.05, 3.63) is 12.1 Å². The molecule has 102 valence electrons. The molecule has 2 rings (SSSR count). The maximum atomic E-state index is 11.8. The Hall–Kier alpha value is -2.31. The molecule has 19 heavy (non-hydrogen) atoms. The average Bonchev–Trinajstić information content (AvgIpc) is 2.86. The van der Waals surface area contributed by atoms with E-state index in [9.17, 15) is 4.79 Å². The molecule has 0 aliphatic rings. The molecule has 0 saturated heterocycles. The van der Waals surface area contributed by atoms with Crippen molar-refractivity contribution in [1.29, 1.82) is 0 Å². The fourth-order valence-corrected chi connectivity index (χ4v) is 1.80. The summed E-state index contributed by atoms with van der Waals surface area (Å²) in [5.41, 5.74) is 8.21. The Labute approximate surface area is 110 Å². The summed E-state index contributed by atoms with van der Waals surface area (Å²) >= 11 is 0. The summed E-state index contributed by atoms with van der Waals surface area (Å²) in [6, 6.07) is 3.57. The quantitative estimate of drug-likeness (QED) is 0.818. The van der Waals surface area contributed by atoms with Crippen molar-refractivity contribution >= 4 is 28.3 Å². The second-order valence-corrected chi connectivity index (χ2v) is 4.44. The molecule has 0 aliphatic carbocycles. The van der Waals surface area contributed by atoms with E-state index in [-0.39, 0.29) is 12.5 Å². The average molecular weight is 263 g/mol. The van der Waals surface area contributed by atoms with Gasteiger partial charge in [0.05, 0.1) is 17.9 Å². The molecule has 7 nitrogen and oxygen atoms in total. The Bertz CT molecular complexity index is 593. The summed E-state index contributed by atoms with van der Waals surface area (Å²) in [5.74, 6) is 0.0169. The molecule has 0 unspecified atom stereocenters. The van der Waals surface area contributed by atoms with E-state index < -0.39 is 0 Å². The molecule has 0 fully saturated rings. The standard InChI is InChI=1S/C12H17N5O2/c1-4-17(7-10(18)16(2)3)9-6-5-8(13)11-12(9)15-19-14-11/h5-6H,4,7,13H2,1-3H3. The van der Waals surface area contributed by atoms with Crippen LogP contribution in [0, 0.1) is 0 Å². The number of aromatic nitrogens is 2. The second-order valence-electron chi connectivity index (χ2n) is 4.44. The zero-order chi connectivity index (χ0) is 14.0. The van der Waals surface area contributed by atoms with E-state index in [4.69, 9.17) is 10.4 Å². The number of rotatable bonds is 4. The van der Waals surface area contributed by atoms with Crippen LogP contribution in [-0.4, -0.2) is 48.3 Å². The third-order valence-corrected chi connectivity index (χ3v) is 2.97. The molecule has 1 heterocycles. The smallest absolute Gasteiger partial charge is 0.241 e. The van der Waals surface area contributed by atoms with Crippen molar-refractivity contribution in [1.82, 2.24) is 15.2 Å². The minimum absolute atomic E-state index is 0.0169. The number of likely N-dealkylation sites (N-methyl/N-ethyl adjacent to an activating group) is 2. The fraction of sp³-hybridized carbons (Fsp3) is 0.417. The summed E-state index contributed by atoms with van der Waals surface area (Å²) in [7, 11) is 3.46. The highest BCUT2D eigenvalue weighted by molar-refractivity contribution is 5.96. The lowest BCUT2D eigenvalue weighted by molar-refractivity contribution is -0.127. The molecule has 0 saturated carbocycles. The molecule has 0 atom stereocenters. The molecular formula is C12H17N5O2. The zero-order valence-electron chi connectivity index (χ0n) is 11.3. The lowest BCUT2D eigenvalue weighted by Crippen LogP contribution is -2.36. The second kappa shape index (κ2) is 5.13. The van der Waals surface area contributed by atoms with Gasteiger partial charge in [-0.25, -0.2) is 4.63 Å². The van der Waals surface area contributed by atoms with Crippen molar-refractivity contribution in [2.45, 2.75) is 6.92 Å². The van der Waals surface area contributed by atoms with Crippen LogP contribution >= 0.6 is 0 Å². The van der Waals surface area contributed by atoms with Crippen molar-refractivity contribution in [3.8, 4) is 0 Å². The number of fused-ring (bicyclic) bond motifs is 1. The van der Waals surface area contributed by atoms with Gasteiger partial charge in [0.25, 0.3) is 0 Å². The van der Waals surface area contributed by atoms with Crippen molar-refractivity contribution in [3.63, 3.8) is 0 Å². The molecule has 7 heteroatoms. The van der Waals surface area contributed by atoms with Gasteiger partial charge in [0.15, 0.2) is 11.0 Å². The van der Waals surface area contributed by atoms with Crippen molar-refractivity contribution < 1.29 is 9.42 Å². The van der Waals surface area contributed by atoms with E-state index in [0.29, 0.717) is 23.3 Å². The third kappa shape index (κ3) is 2.44. The molecule has 0 bridgehead atoms. The Kier molecular flexibility index (Phi) is 3.55. The van der Waals surface area contributed by atoms with Gasteiger partial charge in [-0.15, -0.1) is 0 Å². The van der Waals surface area contributed by atoms with Crippen LogP contribution in [-0.2, 0) is 4.79 Å². The lowest BCUT2D eigenvalue weighted by Gasteiger charge is -2.24. The number of carbonyl (C=O) groups is 1. The number of hydrogen-bond acceptors (Lipinski definition) is 6. The molecule has 2 N–H and O–H groups in total. The van der Waals surface area contributed by atoms with Crippen LogP contribution in [0.15, 0.2) is 16.8 Å². The number of carbonyl (C=O) groups excluding carboxylic acids is 1. The maximum Gasteiger partial charge on any atom is 0.241 e. The Balaban J connectivity index is 2.38. The summed E-state index contributed by atoms with van der Waals surface area (Å²) < 4.78 is 4.73. The number of nitrogen functional groups attached to an aromatic ring is 1. The molecular weight excluding hydrogens is 246 g/mol. The van der Waals surface area contributed by atoms with Gasteiger partial charge in [0.1, 0.15) is 0 Å². The van der Waals surface area contributed by atoms with Crippen LogP contribution < -0.4 is 10.6 Å². The number of nitrogens with two attached hydrogens (primary N) is 1. The maximum absolute atomic E-state index is 11.8. The van der Waals surface area contributed by atoms with Gasteiger partial charge in [0, 0.05) is 20.6 Å². The minimum atomic E-state index is 0.0169. The van der Waals surface area contributed by atoms with E-state index >= 15 is 0 Å². The van der Waals surface area contributed by atoms with Gasteiger partial charge in [-0.3, -0.25) is 4.79 Å². The monoisotopic (exact) mass is 263 g/mol. The van der Waals surface area contributed by atoms with Gasteiger partial charge >= 0.3 is 0 Å². The van der Waals surface area contributed by atoms with Crippen LogP contribution in [0.4, 0.5) is 11.4 Å². The summed E-state index contributed by atoms with van der Waals surface area (Å²) in [6.07, 6.45) is 0. The van der Waals surface area contributed by atoms with Crippen molar-refractivity contribution in [2.24, 2.45) is 0 Å². The molecule has 1 amide bonds. The molecule has 0 aliphatic heterocycles. The van der Waals surface area contributed by atoms with Gasteiger partial charge in [-0.2, -0.15) is 0 Å². The largest absolute Gasteiger partial charge is 0.397 e. The first-order valence-corrected chi connectivity index (χ1v) is 6.00. The number of anilines is 2. The summed E-state index contributed by atoms with van der Waals surface area (Å²) in [4.78, 5) is 15.3. The Morgan fingerprint density at radius 2 is 2.00 bits per heavy atom. The third-order valence-electron chi connectivity index (χ3n) is 2.97. The van der Waals surface area contributed by atoms with Gasteiger partial charge in [-0.1, -0.05) is 0 Å². The normalized spacial score (nSPS) is 10.7. The van der Waals surface area contributed by atoms with Crippen LogP contribution in [0.25, 0.3) is 11.0 Å². The van der Waals surface area contributed by atoms with Crippen LogP contribution in [0.2, 0.25) is 0 Å². The number of amides is 1. The molecule has 2 aromatic rings. The number of nitrogens with zero attached hydrogens (tertiary/aromatic N) is 4. The van der Waals surface area contributed by atoms with Gasteiger partial charge < -0.3 is 15.5 Å². The molecule has 0 radical (unpaired) electrons. The van der Waals surface area contributed by atoms with E-state index in [0.717, 1.165) is 5.69 Å². The first-order chi connectivity index (χ1) is 9.04. The van der Waals surface area contributed by atoms with E-state index in [1.165, 1.54) is 0 Å². The number of benzene rings is 1. The highest BCUT2D eigenvalue weighted by Gasteiger charge is 2.17. The molecule has 1 aromatic carbocycles. The zero-order valence-corrected chi connectivity index (χ0v) is 11.3. The topological polar surface area (TPSA) is 88.5 Å². The van der Waals surface area contributed by atoms with Gasteiger partial charge in [0.2, 0.25) is 5.91 Å². The first-order valence-electron chi connectivity index (χ1n) is 6.00.